The highest BCUT2D eigenvalue weighted by atomic mass is 16.5. The van der Waals surface area contributed by atoms with E-state index >= 15 is 0 Å². The molecule has 1 aliphatic rings. The number of nitrogens with one attached hydrogen (secondary N) is 1. The minimum Gasteiger partial charge on any atom is -0.463 e. The van der Waals surface area contributed by atoms with E-state index in [1.54, 1.807) is 6.20 Å². The Morgan fingerprint density at radius 1 is 1.23 bits per heavy atom. The zero-order valence-electron chi connectivity index (χ0n) is 15.6. The number of nitrogens with zero attached hydrogens (tertiary/aromatic N) is 3. The lowest BCUT2D eigenvalue weighted by molar-refractivity contribution is 0.286. The van der Waals surface area contributed by atoms with E-state index in [2.05, 4.69) is 51.4 Å². The van der Waals surface area contributed by atoms with Crippen LogP contribution in [-0.4, -0.2) is 34.6 Å². The van der Waals surface area contributed by atoms with Gasteiger partial charge in [-0.2, -0.15) is 4.98 Å². The quantitative estimate of drug-likeness (QED) is 0.671. The lowest BCUT2D eigenvalue weighted by Gasteiger charge is -2.15. The van der Waals surface area contributed by atoms with E-state index in [1.807, 2.05) is 0 Å². The molecule has 0 atom stereocenters. The fraction of sp³-hybridized carbons (Fsp3) is 0.500. The summed E-state index contributed by atoms with van der Waals surface area (Å²) < 4.78 is 5.56. The molecule has 0 aliphatic carbocycles. The van der Waals surface area contributed by atoms with Crippen LogP contribution in [0.2, 0.25) is 0 Å². The largest absolute Gasteiger partial charge is 0.463 e. The van der Waals surface area contributed by atoms with E-state index in [0.29, 0.717) is 30.7 Å². The number of nitrogen functional groups attached to an aromatic ring is 1. The van der Waals surface area contributed by atoms with Crippen molar-refractivity contribution in [1.82, 2.24) is 14.9 Å². The molecule has 140 valence electrons. The van der Waals surface area contributed by atoms with Crippen molar-refractivity contribution < 1.29 is 4.74 Å². The summed E-state index contributed by atoms with van der Waals surface area (Å²) in [7, 11) is 0. The van der Waals surface area contributed by atoms with Crippen LogP contribution in [0.5, 0.6) is 6.01 Å². The highest BCUT2D eigenvalue weighted by Crippen LogP contribution is 2.19. The van der Waals surface area contributed by atoms with Crippen LogP contribution >= 0.6 is 0 Å². The molecule has 0 unspecified atom stereocenters. The Labute approximate surface area is 155 Å². The molecule has 1 aromatic heterocycles. The third-order valence-electron chi connectivity index (χ3n) is 4.58. The third-order valence-corrected chi connectivity index (χ3v) is 4.58. The number of nitrogens with two attached hydrogens (primary N) is 1. The molecule has 1 fully saturated rings. The van der Waals surface area contributed by atoms with Gasteiger partial charge >= 0.3 is 6.01 Å². The zero-order chi connectivity index (χ0) is 18.2. The first-order valence-corrected chi connectivity index (χ1v) is 9.54. The molecule has 2 heterocycles. The maximum absolute atomic E-state index is 6.00. The SMILES string of the molecule is CCCCOc1ncc(N)c(NCc2cccc(CN3CCCC3)c2)n1. The van der Waals surface area contributed by atoms with Gasteiger partial charge in [0.2, 0.25) is 0 Å². The maximum atomic E-state index is 6.00. The van der Waals surface area contributed by atoms with Crippen molar-refractivity contribution in [3.8, 4) is 6.01 Å². The fourth-order valence-electron chi connectivity index (χ4n) is 3.12. The molecule has 0 bridgehead atoms. The summed E-state index contributed by atoms with van der Waals surface area (Å²) in [6.45, 7) is 6.86. The van der Waals surface area contributed by atoms with Crippen molar-refractivity contribution in [2.45, 2.75) is 45.7 Å². The Morgan fingerprint density at radius 2 is 2.04 bits per heavy atom. The van der Waals surface area contributed by atoms with Gasteiger partial charge in [0.15, 0.2) is 5.82 Å². The van der Waals surface area contributed by atoms with Gasteiger partial charge in [-0.25, -0.2) is 4.98 Å². The van der Waals surface area contributed by atoms with Crippen LogP contribution in [0.3, 0.4) is 0 Å². The molecule has 0 radical (unpaired) electrons. The summed E-state index contributed by atoms with van der Waals surface area (Å²) in [6, 6.07) is 9.06. The fourth-order valence-corrected chi connectivity index (χ4v) is 3.12. The summed E-state index contributed by atoms with van der Waals surface area (Å²) in [5.41, 5.74) is 9.09. The van der Waals surface area contributed by atoms with E-state index < -0.39 is 0 Å². The number of hydrogen-bond donors (Lipinski definition) is 2. The predicted octanol–water partition coefficient (Wildman–Crippen LogP) is 3.45. The zero-order valence-corrected chi connectivity index (χ0v) is 15.6. The number of unbranched alkanes of at least 4 members (excludes halogenated alkanes) is 1. The molecular formula is C20H29N5O. The van der Waals surface area contributed by atoms with Crippen molar-refractivity contribution in [3.63, 3.8) is 0 Å². The molecule has 2 aromatic rings. The minimum absolute atomic E-state index is 0.373. The van der Waals surface area contributed by atoms with Gasteiger partial charge in [0, 0.05) is 13.1 Å². The van der Waals surface area contributed by atoms with Crippen molar-refractivity contribution in [2.24, 2.45) is 0 Å². The number of ether oxygens (including phenoxy) is 1. The topological polar surface area (TPSA) is 76.3 Å². The molecule has 1 saturated heterocycles. The second-order valence-corrected chi connectivity index (χ2v) is 6.82. The van der Waals surface area contributed by atoms with Crippen LogP contribution in [0.4, 0.5) is 11.5 Å². The van der Waals surface area contributed by atoms with Gasteiger partial charge < -0.3 is 15.8 Å². The van der Waals surface area contributed by atoms with E-state index in [1.165, 1.54) is 37.1 Å². The number of aromatic nitrogens is 2. The van der Waals surface area contributed by atoms with Crippen LogP contribution in [0.15, 0.2) is 30.5 Å². The first kappa shape index (κ1) is 18.5. The van der Waals surface area contributed by atoms with Crippen LogP contribution < -0.4 is 15.8 Å². The average molecular weight is 355 g/mol. The smallest absolute Gasteiger partial charge is 0.318 e. The summed E-state index contributed by atoms with van der Waals surface area (Å²) in [5, 5.41) is 3.31. The summed E-state index contributed by atoms with van der Waals surface area (Å²) >= 11 is 0. The molecule has 0 spiro atoms. The van der Waals surface area contributed by atoms with Crippen LogP contribution in [0.25, 0.3) is 0 Å². The molecule has 6 heteroatoms. The van der Waals surface area contributed by atoms with Gasteiger partial charge in [0.25, 0.3) is 0 Å². The Kier molecular flexibility index (Phi) is 6.66. The molecule has 0 amide bonds. The number of anilines is 2. The highest BCUT2D eigenvalue weighted by molar-refractivity contribution is 5.60. The van der Waals surface area contributed by atoms with Crippen molar-refractivity contribution in [3.05, 3.63) is 41.6 Å². The Bertz CT molecular complexity index is 700. The first-order valence-electron chi connectivity index (χ1n) is 9.54. The number of benzene rings is 1. The third kappa shape index (κ3) is 5.33. The monoisotopic (exact) mass is 355 g/mol. The van der Waals surface area contributed by atoms with Crippen molar-refractivity contribution in [1.29, 1.82) is 0 Å². The van der Waals surface area contributed by atoms with Crippen LogP contribution in [0.1, 0.15) is 43.7 Å². The minimum atomic E-state index is 0.373. The average Bonchev–Trinajstić information content (AvgIpc) is 3.15. The number of likely N-dealkylation sites (tertiary alicyclic amines) is 1. The maximum Gasteiger partial charge on any atom is 0.318 e. The second-order valence-electron chi connectivity index (χ2n) is 6.82. The summed E-state index contributed by atoms with van der Waals surface area (Å²) in [4.78, 5) is 11.0. The molecular weight excluding hydrogens is 326 g/mol. The normalized spacial score (nSPS) is 14.5. The Hall–Kier alpha value is -2.34. The van der Waals surface area contributed by atoms with Crippen LogP contribution in [-0.2, 0) is 13.1 Å². The van der Waals surface area contributed by atoms with Gasteiger partial charge in [-0.15, -0.1) is 0 Å². The number of rotatable bonds is 9. The van der Waals surface area contributed by atoms with E-state index in [9.17, 15) is 0 Å². The van der Waals surface area contributed by atoms with E-state index in [-0.39, 0.29) is 0 Å². The van der Waals surface area contributed by atoms with Crippen LogP contribution in [0, 0.1) is 0 Å². The van der Waals surface area contributed by atoms with Gasteiger partial charge in [-0.1, -0.05) is 37.6 Å². The molecule has 0 saturated carbocycles. The first-order chi connectivity index (χ1) is 12.7. The molecule has 26 heavy (non-hydrogen) atoms. The highest BCUT2D eigenvalue weighted by Gasteiger charge is 2.12. The van der Waals surface area contributed by atoms with E-state index in [0.717, 1.165) is 19.4 Å². The molecule has 1 aromatic carbocycles. The lowest BCUT2D eigenvalue weighted by Crippen LogP contribution is -2.18. The van der Waals surface area contributed by atoms with E-state index in [4.69, 9.17) is 10.5 Å². The van der Waals surface area contributed by atoms with Gasteiger partial charge in [-0.3, -0.25) is 4.90 Å². The Morgan fingerprint density at radius 3 is 2.85 bits per heavy atom. The molecule has 3 N–H and O–H groups in total. The predicted molar refractivity (Wildman–Crippen MR) is 105 cm³/mol. The standard InChI is InChI=1S/C20H29N5O/c1-2-3-11-26-20-23-14-18(21)19(24-20)22-13-16-7-6-8-17(12-16)15-25-9-4-5-10-25/h6-8,12,14H,2-5,9-11,13,15,21H2,1H3,(H,22,23,24). The van der Waals surface area contributed by atoms with Crippen molar-refractivity contribution >= 4 is 11.5 Å². The lowest BCUT2D eigenvalue weighted by atomic mass is 10.1. The molecule has 6 nitrogen and oxygen atoms in total. The molecule has 1 aliphatic heterocycles. The summed E-state index contributed by atoms with van der Waals surface area (Å²) in [5.74, 6) is 0.622. The van der Waals surface area contributed by atoms with Crippen molar-refractivity contribution in [2.75, 3.05) is 30.7 Å². The number of hydrogen-bond acceptors (Lipinski definition) is 6. The van der Waals surface area contributed by atoms with Gasteiger partial charge in [-0.05, 0) is 43.5 Å². The van der Waals surface area contributed by atoms with Gasteiger partial charge in [0.1, 0.15) is 0 Å². The Balaban J connectivity index is 1.58. The molecule has 3 rings (SSSR count). The summed E-state index contributed by atoms with van der Waals surface area (Å²) in [6.07, 6.45) is 6.29. The van der Waals surface area contributed by atoms with Gasteiger partial charge in [0.05, 0.1) is 18.5 Å². The second kappa shape index (κ2) is 9.38.